The first-order chi connectivity index (χ1) is 14.6. The fraction of sp³-hybridized carbons (Fsp3) is 0.773. The third-order valence-corrected chi connectivity index (χ3v) is 15.4. The summed E-state index contributed by atoms with van der Waals surface area (Å²) in [6, 6.07) is 0. The molecule has 0 aromatic heterocycles. The van der Waals surface area contributed by atoms with Crippen molar-refractivity contribution in [2.75, 3.05) is 0 Å². The summed E-state index contributed by atoms with van der Waals surface area (Å²) in [7, 11) is -2.39. The Balaban J connectivity index is 1.81. The van der Waals surface area contributed by atoms with Gasteiger partial charge in [-0.15, -0.1) is 0 Å². The highest BCUT2D eigenvalue weighted by Crippen LogP contribution is 2.90. The van der Waals surface area contributed by atoms with Crippen LogP contribution in [0.25, 0.3) is 0 Å². The van der Waals surface area contributed by atoms with E-state index in [1.54, 1.807) is 23.4 Å². The van der Waals surface area contributed by atoms with Crippen molar-refractivity contribution in [3.63, 3.8) is 0 Å². The highest BCUT2D eigenvalue weighted by Gasteiger charge is 2.81. The molecule has 3 aliphatic heterocycles. The van der Waals surface area contributed by atoms with E-state index in [2.05, 4.69) is 0 Å². The molecule has 3 fully saturated rings. The van der Waals surface area contributed by atoms with Crippen molar-refractivity contribution in [3.8, 4) is 0 Å². The minimum atomic E-state index is -1.19. The number of hydrazone groups is 2. The maximum Gasteiger partial charge on any atom is 0.242 e. The molecule has 0 radical (unpaired) electrons. The zero-order valence-electron chi connectivity index (χ0n) is 19.1. The maximum absolute atomic E-state index is 14.1. The number of hydrogen-bond acceptors (Lipinski definition) is 5. The Morgan fingerprint density at radius 2 is 1.26 bits per heavy atom. The summed E-state index contributed by atoms with van der Waals surface area (Å²) in [6.07, 6.45) is 8.00. The number of carbonyl (C=O) groups excluding carboxylic acids is 3. The van der Waals surface area contributed by atoms with E-state index < -0.39 is 21.6 Å². The molecule has 5 rings (SSSR count). The standard InChI is InChI=1S/C22H32N4O3P2/c1-14(27)25-23-16-10-6-8-12-21(16)22-13-9-7-11-17(22)24-26(15(2)28)31(22)19(30(21)25)18(29)20(3,4)5/h19H,6-13H2,1-5H3/t19?,21-,22-,30?,31?/m0/s1. The van der Waals surface area contributed by atoms with Crippen LogP contribution in [-0.4, -0.2) is 54.3 Å². The van der Waals surface area contributed by atoms with Gasteiger partial charge in [0.1, 0.15) is 5.40 Å². The lowest BCUT2D eigenvalue weighted by atomic mass is 9.69. The summed E-state index contributed by atoms with van der Waals surface area (Å²) in [5, 5.41) is 8.97. The van der Waals surface area contributed by atoms with E-state index >= 15 is 0 Å². The first kappa shape index (κ1) is 21.6. The minimum Gasteiger partial charge on any atom is -0.298 e. The zero-order valence-corrected chi connectivity index (χ0v) is 20.9. The summed E-state index contributed by atoms with van der Waals surface area (Å²) in [4.78, 5) is 39.8. The van der Waals surface area contributed by atoms with Crippen LogP contribution in [-0.2, 0) is 14.4 Å². The Kier molecular flexibility index (Phi) is 4.82. The van der Waals surface area contributed by atoms with Gasteiger partial charge in [-0.3, -0.25) is 14.4 Å². The highest BCUT2D eigenvalue weighted by molar-refractivity contribution is 7.83. The second kappa shape index (κ2) is 6.90. The van der Waals surface area contributed by atoms with Gasteiger partial charge in [0.15, 0.2) is 5.78 Å². The summed E-state index contributed by atoms with van der Waals surface area (Å²) < 4.78 is 3.43. The molecule has 2 spiro atoms. The lowest BCUT2D eigenvalue weighted by Crippen LogP contribution is -2.58. The van der Waals surface area contributed by atoms with Crippen LogP contribution in [0.3, 0.4) is 0 Å². The van der Waals surface area contributed by atoms with Crippen molar-refractivity contribution >= 4 is 45.2 Å². The average Bonchev–Trinajstić information content (AvgIpc) is 3.29. The van der Waals surface area contributed by atoms with E-state index in [-0.39, 0.29) is 33.3 Å². The number of ketones is 1. The fourth-order valence-electron chi connectivity index (χ4n) is 6.51. The third kappa shape index (κ3) is 2.57. The first-order valence-corrected chi connectivity index (χ1v) is 14.2. The van der Waals surface area contributed by atoms with Crippen LogP contribution >= 0.6 is 16.1 Å². The summed E-state index contributed by atoms with van der Waals surface area (Å²) in [5.74, 6) is 0.0215. The van der Waals surface area contributed by atoms with Crippen LogP contribution in [0.1, 0.15) is 86.0 Å². The van der Waals surface area contributed by atoms with Gasteiger partial charge >= 0.3 is 0 Å². The molecule has 2 aliphatic carbocycles. The number of Topliss-reactive ketones (excluding diaryl/α,β-unsaturated/α-hetero) is 1. The molecule has 31 heavy (non-hydrogen) atoms. The molecule has 0 aromatic rings. The summed E-state index contributed by atoms with van der Waals surface area (Å²) in [6.45, 7) is 9.04. The van der Waals surface area contributed by atoms with Crippen LogP contribution in [0.5, 0.6) is 0 Å². The highest BCUT2D eigenvalue weighted by atomic mass is 31.2. The average molecular weight is 462 g/mol. The molecule has 9 heteroatoms. The largest absolute Gasteiger partial charge is 0.298 e. The van der Waals surface area contributed by atoms with E-state index in [0.717, 1.165) is 62.8 Å². The molecular formula is C22H32N4O3P2. The molecular weight excluding hydrogens is 430 g/mol. The Labute approximate surface area is 186 Å². The molecule has 0 bridgehead atoms. The van der Waals surface area contributed by atoms with Gasteiger partial charge in [0, 0.05) is 19.3 Å². The van der Waals surface area contributed by atoms with Gasteiger partial charge in [0.2, 0.25) is 11.8 Å². The normalized spacial score (nSPS) is 38.7. The van der Waals surface area contributed by atoms with Gasteiger partial charge in [-0.25, -0.2) is 9.56 Å². The lowest BCUT2D eigenvalue weighted by molar-refractivity contribution is -0.124. The maximum atomic E-state index is 14.1. The quantitative estimate of drug-likeness (QED) is 0.525. The predicted molar refractivity (Wildman–Crippen MR) is 124 cm³/mol. The predicted octanol–water partition coefficient (Wildman–Crippen LogP) is 4.80. The number of nitrogens with zero attached hydrogens (tertiary/aromatic N) is 4. The molecule has 168 valence electrons. The number of amides is 2. The van der Waals surface area contributed by atoms with Crippen molar-refractivity contribution < 1.29 is 14.4 Å². The van der Waals surface area contributed by atoms with Crippen LogP contribution in [0.2, 0.25) is 0 Å². The van der Waals surface area contributed by atoms with Crippen molar-refractivity contribution in [1.82, 2.24) is 9.56 Å². The lowest BCUT2D eigenvalue weighted by Gasteiger charge is -2.49. The number of carbonyl (C=O) groups is 3. The summed E-state index contributed by atoms with van der Waals surface area (Å²) >= 11 is 0. The van der Waals surface area contributed by atoms with E-state index in [4.69, 9.17) is 10.2 Å². The Bertz CT molecular complexity index is 880. The van der Waals surface area contributed by atoms with Crippen molar-refractivity contribution in [2.24, 2.45) is 15.6 Å². The van der Waals surface area contributed by atoms with E-state index in [1.165, 1.54) is 0 Å². The van der Waals surface area contributed by atoms with E-state index in [1.807, 2.05) is 20.8 Å². The molecule has 2 unspecified atom stereocenters. The van der Waals surface area contributed by atoms with Crippen molar-refractivity contribution in [2.45, 2.75) is 102 Å². The van der Waals surface area contributed by atoms with Crippen molar-refractivity contribution in [1.29, 1.82) is 0 Å². The van der Waals surface area contributed by atoms with Crippen LogP contribution < -0.4 is 0 Å². The fourth-order valence-corrected chi connectivity index (χ4v) is 16.7. The molecule has 3 heterocycles. The van der Waals surface area contributed by atoms with Crippen LogP contribution in [0, 0.1) is 5.41 Å². The molecule has 5 aliphatic rings. The Hall–Kier alpha value is -1.19. The Morgan fingerprint density at radius 3 is 1.61 bits per heavy atom. The van der Waals surface area contributed by atoms with Gasteiger partial charge in [-0.2, -0.15) is 10.2 Å². The first-order valence-electron chi connectivity index (χ1n) is 11.5. The summed E-state index contributed by atoms with van der Waals surface area (Å²) in [5.41, 5.74) is 1.69. The minimum absolute atomic E-state index is 0.0738. The van der Waals surface area contributed by atoms with E-state index in [9.17, 15) is 14.4 Å². The van der Waals surface area contributed by atoms with Gasteiger partial charge in [-0.1, -0.05) is 33.6 Å². The number of rotatable bonds is 1. The SMILES string of the molecule is CC(=O)N1N=C2CCCC[C@]23P1C(C(=O)C(C)(C)C)P1N(C(C)=O)N=C2CCCC[C@@]213. The Morgan fingerprint density at radius 1 is 0.839 bits per heavy atom. The topological polar surface area (TPSA) is 82.4 Å². The van der Waals surface area contributed by atoms with Gasteiger partial charge in [-0.05, 0) is 38.5 Å². The van der Waals surface area contributed by atoms with Gasteiger partial charge < -0.3 is 0 Å². The molecule has 1 saturated heterocycles. The van der Waals surface area contributed by atoms with Crippen LogP contribution in [0.4, 0.5) is 0 Å². The smallest absolute Gasteiger partial charge is 0.242 e. The molecule has 4 atom stereocenters. The second-order valence-corrected chi connectivity index (χ2v) is 15.6. The van der Waals surface area contributed by atoms with Gasteiger partial charge in [0.05, 0.1) is 37.9 Å². The zero-order chi connectivity index (χ0) is 22.3. The van der Waals surface area contributed by atoms with Crippen molar-refractivity contribution in [3.05, 3.63) is 0 Å². The monoisotopic (exact) mass is 462 g/mol. The number of hydrogen-bond donors (Lipinski definition) is 0. The second-order valence-electron chi connectivity index (χ2n) is 10.5. The van der Waals surface area contributed by atoms with Crippen LogP contribution in [0.15, 0.2) is 10.2 Å². The molecule has 2 amide bonds. The molecule has 0 N–H and O–H groups in total. The molecule has 7 nitrogen and oxygen atoms in total. The van der Waals surface area contributed by atoms with Gasteiger partial charge in [0.25, 0.3) is 0 Å². The third-order valence-electron chi connectivity index (χ3n) is 7.66. The molecule has 0 aromatic carbocycles. The molecule has 2 saturated carbocycles. The van der Waals surface area contributed by atoms with E-state index in [0.29, 0.717) is 0 Å².